The first-order chi connectivity index (χ1) is 11.8. The smallest absolute Gasteiger partial charge is 0.123 e. The van der Waals surface area contributed by atoms with Gasteiger partial charge in [-0.2, -0.15) is 0 Å². The standard InChI is InChI=1S/C21H26N2O/c1-24-21-10-6-5-9-17(21)13-23-14-18-11-22-12-19(20(18)15-23)16-7-3-2-4-8-16/h2-10,18-20,22H,11-15H2,1H3/t18-,19+,20+/m1/s1. The molecule has 2 heterocycles. The van der Waals surface area contributed by atoms with Crippen LogP contribution >= 0.6 is 0 Å². The molecule has 126 valence electrons. The van der Waals surface area contributed by atoms with Crippen molar-refractivity contribution in [1.82, 2.24) is 10.2 Å². The van der Waals surface area contributed by atoms with E-state index >= 15 is 0 Å². The Morgan fingerprint density at radius 3 is 2.62 bits per heavy atom. The van der Waals surface area contributed by atoms with Gasteiger partial charge in [0.25, 0.3) is 0 Å². The first-order valence-electron chi connectivity index (χ1n) is 8.95. The van der Waals surface area contributed by atoms with Gasteiger partial charge in [-0.25, -0.2) is 0 Å². The van der Waals surface area contributed by atoms with Crippen molar-refractivity contribution in [3.8, 4) is 5.75 Å². The van der Waals surface area contributed by atoms with Crippen molar-refractivity contribution in [3.63, 3.8) is 0 Å². The molecule has 1 N–H and O–H groups in total. The fourth-order valence-electron chi connectivity index (χ4n) is 4.50. The highest BCUT2D eigenvalue weighted by atomic mass is 16.5. The van der Waals surface area contributed by atoms with E-state index in [1.165, 1.54) is 24.2 Å². The topological polar surface area (TPSA) is 24.5 Å². The molecule has 24 heavy (non-hydrogen) atoms. The summed E-state index contributed by atoms with van der Waals surface area (Å²) in [4.78, 5) is 2.61. The molecule has 0 radical (unpaired) electrons. The zero-order valence-corrected chi connectivity index (χ0v) is 14.3. The third-order valence-corrected chi connectivity index (χ3v) is 5.67. The number of benzene rings is 2. The highest BCUT2D eigenvalue weighted by molar-refractivity contribution is 5.33. The number of likely N-dealkylation sites (tertiary alicyclic amines) is 1. The molecule has 0 aromatic heterocycles. The van der Waals surface area contributed by atoms with E-state index < -0.39 is 0 Å². The molecule has 2 aromatic rings. The summed E-state index contributed by atoms with van der Waals surface area (Å²) >= 11 is 0. The number of methoxy groups -OCH3 is 1. The van der Waals surface area contributed by atoms with Gasteiger partial charge in [-0.15, -0.1) is 0 Å². The minimum absolute atomic E-state index is 0.632. The SMILES string of the molecule is COc1ccccc1CN1C[C@H]2CNC[C@@H](c3ccccc3)[C@H]2C1. The minimum Gasteiger partial charge on any atom is -0.496 e. The van der Waals surface area contributed by atoms with Gasteiger partial charge in [-0.3, -0.25) is 4.90 Å². The molecular formula is C21H26N2O. The molecule has 2 saturated heterocycles. The van der Waals surface area contributed by atoms with Crippen LogP contribution in [0.4, 0.5) is 0 Å². The Bertz CT molecular complexity index is 673. The van der Waals surface area contributed by atoms with Crippen LogP contribution in [-0.4, -0.2) is 38.2 Å². The average Bonchev–Trinajstić information content (AvgIpc) is 3.05. The van der Waals surface area contributed by atoms with Crippen molar-refractivity contribution in [1.29, 1.82) is 0 Å². The highest BCUT2D eigenvalue weighted by Gasteiger charge is 2.40. The third-order valence-electron chi connectivity index (χ3n) is 5.67. The van der Waals surface area contributed by atoms with Gasteiger partial charge in [0.05, 0.1) is 7.11 Å². The second-order valence-corrected chi connectivity index (χ2v) is 7.11. The van der Waals surface area contributed by atoms with Gasteiger partial charge >= 0.3 is 0 Å². The molecule has 4 rings (SSSR count). The number of ether oxygens (including phenoxy) is 1. The normalized spacial score (nSPS) is 27.0. The largest absolute Gasteiger partial charge is 0.496 e. The second-order valence-electron chi connectivity index (χ2n) is 7.11. The quantitative estimate of drug-likeness (QED) is 0.936. The maximum atomic E-state index is 5.53. The van der Waals surface area contributed by atoms with Crippen LogP contribution in [-0.2, 0) is 6.54 Å². The van der Waals surface area contributed by atoms with Crippen molar-refractivity contribution < 1.29 is 4.74 Å². The Labute approximate surface area is 144 Å². The first kappa shape index (κ1) is 15.7. The van der Waals surface area contributed by atoms with Crippen molar-refractivity contribution in [2.75, 3.05) is 33.3 Å². The summed E-state index contributed by atoms with van der Waals surface area (Å²) in [6.07, 6.45) is 0. The maximum absolute atomic E-state index is 5.53. The zero-order chi connectivity index (χ0) is 16.4. The summed E-state index contributed by atoms with van der Waals surface area (Å²) in [6.45, 7) is 5.60. The lowest BCUT2D eigenvalue weighted by Gasteiger charge is -2.34. The lowest BCUT2D eigenvalue weighted by molar-refractivity contribution is 0.274. The number of hydrogen-bond acceptors (Lipinski definition) is 3. The molecule has 2 aliphatic heterocycles. The Morgan fingerprint density at radius 1 is 1.00 bits per heavy atom. The van der Waals surface area contributed by atoms with Crippen LogP contribution in [0, 0.1) is 11.8 Å². The number of nitrogens with zero attached hydrogens (tertiary/aromatic N) is 1. The molecule has 2 aliphatic rings. The van der Waals surface area contributed by atoms with Crippen molar-refractivity contribution in [3.05, 3.63) is 65.7 Å². The Hall–Kier alpha value is -1.84. The van der Waals surface area contributed by atoms with Crippen LogP contribution in [0.5, 0.6) is 5.75 Å². The van der Waals surface area contributed by atoms with Crippen LogP contribution in [0.25, 0.3) is 0 Å². The minimum atomic E-state index is 0.632. The molecule has 3 nitrogen and oxygen atoms in total. The fraction of sp³-hybridized carbons (Fsp3) is 0.429. The second kappa shape index (κ2) is 6.96. The molecule has 0 unspecified atom stereocenters. The van der Waals surface area contributed by atoms with Crippen molar-refractivity contribution >= 4 is 0 Å². The first-order valence-corrected chi connectivity index (χ1v) is 8.95. The lowest BCUT2D eigenvalue weighted by atomic mass is 9.77. The van der Waals surface area contributed by atoms with Crippen LogP contribution in [0.2, 0.25) is 0 Å². The molecule has 0 spiro atoms. The third kappa shape index (κ3) is 3.06. The molecule has 0 amide bonds. The number of hydrogen-bond donors (Lipinski definition) is 1. The number of piperidine rings is 1. The predicted molar refractivity (Wildman–Crippen MR) is 97.3 cm³/mol. The Balaban J connectivity index is 1.50. The number of rotatable bonds is 4. The van der Waals surface area contributed by atoms with E-state index in [2.05, 4.69) is 58.7 Å². The number of para-hydroxylation sites is 1. The van der Waals surface area contributed by atoms with Gasteiger partial charge in [-0.1, -0.05) is 48.5 Å². The van der Waals surface area contributed by atoms with Gasteiger partial charge in [0.1, 0.15) is 5.75 Å². The van der Waals surface area contributed by atoms with Gasteiger partial charge < -0.3 is 10.1 Å². The monoisotopic (exact) mass is 322 g/mol. The maximum Gasteiger partial charge on any atom is 0.123 e. The molecule has 2 aromatic carbocycles. The van der Waals surface area contributed by atoms with Crippen LogP contribution in [0.3, 0.4) is 0 Å². The predicted octanol–water partition coefficient (Wildman–Crippen LogP) is 3.13. The van der Waals surface area contributed by atoms with Gasteiger partial charge in [0.15, 0.2) is 0 Å². The van der Waals surface area contributed by atoms with E-state index in [0.717, 1.165) is 37.2 Å². The summed E-state index contributed by atoms with van der Waals surface area (Å²) in [5.41, 5.74) is 2.78. The highest BCUT2D eigenvalue weighted by Crippen LogP contribution is 2.38. The van der Waals surface area contributed by atoms with Crippen LogP contribution in [0.1, 0.15) is 17.0 Å². The molecule has 0 aliphatic carbocycles. The fourth-order valence-corrected chi connectivity index (χ4v) is 4.50. The summed E-state index contributed by atoms with van der Waals surface area (Å²) in [5, 5.41) is 3.66. The Morgan fingerprint density at radius 2 is 1.79 bits per heavy atom. The van der Waals surface area contributed by atoms with E-state index in [1.54, 1.807) is 7.11 Å². The summed E-state index contributed by atoms with van der Waals surface area (Å²) in [5.74, 6) is 3.14. The van der Waals surface area contributed by atoms with E-state index in [0.29, 0.717) is 5.92 Å². The number of nitrogens with one attached hydrogen (secondary N) is 1. The summed E-state index contributed by atoms with van der Waals surface area (Å²) in [6, 6.07) is 19.4. The Kier molecular flexibility index (Phi) is 4.54. The van der Waals surface area contributed by atoms with E-state index in [4.69, 9.17) is 4.74 Å². The molecular weight excluding hydrogens is 296 g/mol. The number of fused-ring (bicyclic) bond motifs is 1. The van der Waals surface area contributed by atoms with Crippen molar-refractivity contribution in [2.45, 2.75) is 12.5 Å². The van der Waals surface area contributed by atoms with Crippen molar-refractivity contribution in [2.24, 2.45) is 11.8 Å². The zero-order valence-electron chi connectivity index (χ0n) is 14.3. The van der Waals surface area contributed by atoms with E-state index in [-0.39, 0.29) is 0 Å². The van der Waals surface area contributed by atoms with Crippen LogP contribution < -0.4 is 10.1 Å². The van der Waals surface area contributed by atoms with Gasteiger partial charge in [0.2, 0.25) is 0 Å². The average molecular weight is 322 g/mol. The van der Waals surface area contributed by atoms with E-state index in [1.807, 2.05) is 6.07 Å². The van der Waals surface area contributed by atoms with Crippen LogP contribution in [0.15, 0.2) is 54.6 Å². The molecule has 3 atom stereocenters. The van der Waals surface area contributed by atoms with Gasteiger partial charge in [0, 0.05) is 37.7 Å². The van der Waals surface area contributed by atoms with E-state index in [9.17, 15) is 0 Å². The molecule has 0 bridgehead atoms. The molecule has 0 saturated carbocycles. The molecule has 3 heteroatoms. The summed E-state index contributed by atoms with van der Waals surface area (Å²) < 4.78 is 5.53. The van der Waals surface area contributed by atoms with Gasteiger partial charge in [-0.05, 0) is 30.0 Å². The lowest BCUT2D eigenvalue weighted by Crippen LogP contribution is -2.41. The molecule has 2 fully saturated rings. The summed E-state index contributed by atoms with van der Waals surface area (Å²) in [7, 11) is 1.76.